The number of carbonyl (C=O) groups excluding carboxylic acids is 2. The van der Waals surface area contributed by atoms with Crippen molar-refractivity contribution in [1.82, 2.24) is 10.1 Å². The minimum absolute atomic E-state index is 0.126. The van der Waals surface area contributed by atoms with Gasteiger partial charge in [-0.3, -0.25) is 9.59 Å². The molecular formula is C16H25N3O3S. The molecule has 2 amide bonds. The summed E-state index contributed by atoms with van der Waals surface area (Å²) in [7, 11) is 0. The number of carbonyl (C=O) groups is 2. The first-order valence-electron chi connectivity index (χ1n) is 8.13. The lowest BCUT2D eigenvalue weighted by molar-refractivity contribution is -0.128. The van der Waals surface area contributed by atoms with Crippen LogP contribution in [0.4, 0.5) is 5.82 Å². The Morgan fingerprint density at radius 2 is 2.26 bits per heavy atom. The minimum atomic E-state index is -0.319. The summed E-state index contributed by atoms with van der Waals surface area (Å²) in [6.45, 7) is 7.31. The third-order valence-corrected chi connectivity index (χ3v) is 4.85. The Kier molecular flexibility index (Phi) is 6.50. The second-order valence-corrected chi connectivity index (χ2v) is 7.38. The zero-order valence-corrected chi connectivity index (χ0v) is 14.8. The average Bonchev–Trinajstić information content (AvgIpc) is 3.25. The minimum Gasteiger partial charge on any atom is -0.360 e. The lowest BCUT2D eigenvalue weighted by Crippen LogP contribution is -2.36. The maximum Gasteiger partial charge on any atom is 0.238 e. The number of nitrogens with zero attached hydrogens (tertiary/aromatic N) is 2. The number of rotatable bonds is 9. The smallest absolute Gasteiger partial charge is 0.238 e. The van der Waals surface area contributed by atoms with Crippen LogP contribution in [0.3, 0.4) is 0 Å². The molecule has 0 aromatic carbocycles. The van der Waals surface area contributed by atoms with Crippen LogP contribution in [-0.4, -0.2) is 46.0 Å². The van der Waals surface area contributed by atoms with Gasteiger partial charge in [0.05, 0.1) is 11.0 Å². The predicted molar refractivity (Wildman–Crippen MR) is 91.4 cm³/mol. The zero-order chi connectivity index (χ0) is 16.8. The summed E-state index contributed by atoms with van der Waals surface area (Å²) in [5.41, 5.74) is 0. The summed E-state index contributed by atoms with van der Waals surface area (Å²) in [4.78, 5) is 26.4. The summed E-state index contributed by atoms with van der Waals surface area (Å²) in [6.07, 6.45) is 3.43. The lowest BCUT2D eigenvalue weighted by Gasteiger charge is -2.22. The number of hydrogen-bond acceptors (Lipinski definition) is 5. The molecule has 1 N–H and O–H groups in total. The summed E-state index contributed by atoms with van der Waals surface area (Å²) in [5, 5.41) is 6.11. The van der Waals surface area contributed by atoms with Gasteiger partial charge in [-0.25, -0.2) is 0 Å². The van der Waals surface area contributed by atoms with Crippen molar-refractivity contribution >= 4 is 29.4 Å². The van der Waals surface area contributed by atoms with E-state index in [4.69, 9.17) is 4.52 Å². The van der Waals surface area contributed by atoms with Gasteiger partial charge in [-0.15, -0.1) is 11.8 Å². The third-order valence-electron chi connectivity index (χ3n) is 3.73. The quantitative estimate of drug-likeness (QED) is 0.748. The number of hydrogen-bond donors (Lipinski definition) is 1. The highest BCUT2D eigenvalue weighted by Crippen LogP contribution is 2.30. The van der Waals surface area contributed by atoms with Crippen LogP contribution in [0.5, 0.6) is 0 Å². The van der Waals surface area contributed by atoms with Gasteiger partial charge >= 0.3 is 0 Å². The maximum atomic E-state index is 12.3. The van der Waals surface area contributed by atoms with Crippen LogP contribution in [0, 0.1) is 12.8 Å². The van der Waals surface area contributed by atoms with E-state index >= 15 is 0 Å². The highest BCUT2D eigenvalue weighted by molar-refractivity contribution is 8.01. The summed E-state index contributed by atoms with van der Waals surface area (Å²) < 4.78 is 4.91. The Morgan fingerprint density at radius 3 is 2.83 bits per heavy atom. The first-order valence-corrected chi connectivity index (χ1v) is 9.18. The molecule has 1 atom stereocenters. The monoisotopic (exact) mass is 339 g/mol. The van der Waals surface area contributed by atoms with Gasteiger partial charge < -0.3 is 14.7 Å². The van der Waals surface area contributed by atoms with E-state index in [-0.39, 0.29) is 17.1 Å². The molecule has 0 unspecified atom stereocenters. The van der Waals surface area contributed by atoms with Gasteiger partial charge in [0.1, 0.15) is 5.76 Å². The lowest BCUT2D eigenvalue weighted by atomic mass is 10.3. The van der Waals surface area contributed by atoms with Crippen molar-refractivity contribution in [3.05, 3.63) is 11.8 Å². The van der Waals surface area contributed by atoms with Crippen molar-refractivity contribution in [2.45, 2.75) is 45.3 Å². The van der Waals surface area contributed by atoms with E-state index in [2.05, 4.69) is 17.4 Å². The van der Waals surface area contributed by atoms with E-state index < -0.39 is 0 Å². The summed E-state index contributed by atoms with van der Waals surface area (Å²) in [5.74, 6) is 2.03. The molecule has 2 rings (SSSR count). The summed E-state index contributed by atoms with van der Waals surface area (Å²) in [6, 6.07) is 1.67. The number of anilines is 1. The van der Waals surface area contributed by atoms with E-state index in [0.717, 1.165) is 19.5 Å². The number of amides is 2. The van der Waals surface area contributed by atoms with Crippen LogP contribution in [-0.2, 0) is 9.59 Å². The van der Waals surface area contributed by atoms with E-state index in [1.807, 2.05) is 4.90 Å². The Morgan fingerprint density at radius 1 is 1.52 bits per heavy atom. The molecule has 0 bridgehead atoms. The predicted octanol–water partition coefficient (Wildman–Crippen LogP) is 2.69. The van der Waals surface area contributed by atoms with Crippen LogP contribution in [0.25, 0.3) is 0 Å². The molecule has 0 spiro atoms. The second-order valence-electron chi connectivity index (χ2n) is 6.05. The fraction of sp³-hybridized carbons (Fsp3) is 0.688. The van der Waals surface area contributed by atoms with Crippen LogP contribution in [0.15, 0.2) is 10.6 Å². The molecule has 1 aliphatic rings. The van der Waals surface area contributed by atoms with E-state index in [9.17, 15) is 9.59 Å². The Labute approximate surface area is 141 Å². The zero-order valence-electron chi connectivity index (χ0n) is 14.0. The summed E-state index contributed by atoms with van der Waals surface area (Å²) >= 11 is 1.36. The number of aryl methyl sites for hydroxylation is 1. The standard InChI is InChI=1S/C16H25N3O3S/c1-4-7-19(9-13-5-6-13)15(20)10-23-12(3)16(21)17-14-8-11(2)22-18-14/h8,12-13H,4-7,9-10H2,1-3H3,(H,17,18,21)/t12-/m1/s1. The highest BCUT2D eigenvalue weighted by Gasteiger charge is 2.27. The van der Waals surface area contributed by atoms with Gasteiger partial charge in [-0.1, -0.05) is 12.1 Å². The first kappa shape index (κ1) is 17.8. The Balaban J connectivity index is 1.75. The van der Waals surface area contributed by atoms with Gasteiger partial charge in [0.25, 0.3) is 0 Å². The van der Waals surface area contributed by atoms with E-state index in [1.54, 1.807) is 19.9 Å². The maximum absolute atomic E-state index is 12.3. The van der Waals surface area contributed by atoms with E-state index in [0.29, 0.717) is 23.2 Å². The first-order chi connectivity index (χ1) is 11.0. The molecule has 0 saturated heterocycles. The molecule has 6 nitrogen and oxygen atoms in total. The molecular weight excluding hydrogens is 314 g/mol. The molecule has 1 fully saturated rings. The van der Waals surface area contributed by atoms with Crippen LogP contribution in [0.2, 0.25) is 0 Å². The normalized spacial score (nSPS) is 15.3. The number of aromatic nitrogens is 1. The second kappa shape index (κ2) is 8.38. The largest absolute Gasteiger partial charge is 0.360 e. The molecule has 0 radical (unpaired) electrons. The molecule has 1 aromatic heterocycles. The van der Waals surface area contributed by atoms with Gasteiger partial charge in [0, 0.05) is 19.2 Å². The molecule has 1 heterocycles. The van der Waals surface area contributed by atoms with Crippen LogP contribution in [0.1, 0.15) is 38.9 Å². The molecule has 1 aliphatic carbocycles. The van der Waals surface area contributed by atoms with Gasteiger partial charge in [0.2, 0.25) is 11.8 Å². The molecule has 0 aliphatic heterocycles. The Bertz CT molecular complexity index is 542. The van der Waals surface area contributed by atoms with Gasteiger partial charge in [-0.05, 0) is 39.0 Å². The molecule has 1 aromatic rings. The van der Waals surface area contributed by atoms with Crippen molar-refractivity contribution in [3.63, 3.8) is 0 Å². The number of nitrogens with one attached hydrogen (secondary N) is 1. The molecule has 23 heavy (non-hydrogen) atoms. The van der Waals surface area contributed by atoms with Crippen molar-refractivity contribution < 1.29 is 14.1 Å². The Hall–Kier alpha value is -1.50. The number of thioether (sulfide) groups is 1. The van der Waals surface area contributed by atoms with Crippen molar-refractivity contribution in [2.75, 3.05) is 24.2 Å². The van der Waals surface area contributed by atoms with Crippen molar-refractivity contribution in [1.29, 1.82) is 0 Å². The van der Waals surface area contributed by atoms with Crippen LogP contribution >= 0.6 is 11.8 Å². The van der Waals surface area contributed by atoms with Crippen molar-refractivity contribution in [3.8, 4) is 0 Å². The van der Waals surface area contributed by atoms with Crippen LogP contribution < -0.4 is 5.32 Å². The fourth-order valence-electron chi connectivity index (χ4n) is 2.22. The molecule has 1 saturated carbocycles. The van der Waals surface area contributed by atoms with Crippen molar-refractivity contribution in [2.24, 2.45) is 5.92 Å². The van der Waals surface area contributed by atoms with Gasteiger partial charge in [0.15, 0.2) is 5.82 Å². The topological polar surface area (TPSA) is 75.4 Å². The third kappa shape index (κ3) is 5.89. The SMILES string of the molecule is CCCN(CC1CC1)C(=O)CS[C@H](C)C(=O)Nc1cc(C)on1. The van der Waals surface area contributed by atoms with Gasteiger partial charge in [-0.2, -0.15) is 0 Å². The fourth-order valence-corrected chi connectivity index (χ4v) is 3.00. The van der Waals surface area contributed by atoms with E-state index in [1.165, 1.54) is 24.6 Å². The molecule has 128 valence electrons. The highest BCUT2D eigenvalue weighted by atomic mass is 32.2. The average molecular weight is 339 g/mol. The molecule has 7 heteroatoms.